The van der Waals surface area contributed by atoms with Gasteiger partial charge in [0.1, 0.15) is 0 Å². The first-order valence-electron chi connectivity index (χ1n) is 6.61. The monoisotopic (exact) mass is 339 g/mol. The Balaban J connectivity index is 1.93. The summed E-state index contributed by atoms with van der Waals surface area (Å²) in [6, 6.07) is 4.98. The van der Waals surface area contributed by atoms with Crippen molar-refractivity contribution in [1.29, 1.82) is 0 Å². The first-order chi connectivity index (χ1) is 9.47. The molecule has 1 atom stereocenters. The van der Waals surface area contributed by atoms with Gasteiger partial charge in [0.05, 0.1) is 0 Å². The molecule has 5 nitrogen and oxygen atoms in total. The zero-order chi connectivity index (χ0) is 14.7. The standard InChI is InChI=1S/C14H18BrN3O2/c1-9(8-18-6-2-3-13(18)19)17-14(20)10-4-5-12(16)11(15)7-10/h4-5,7,9H,2-3,6,8,16H2,1H3,(H,17,20). The molecule has 3 N–H and O–H groups in total. The molecule has 1 heterocycles. The maximum absolute atomic E-state index is 12.1. The average Bonchev–Trinajstić information content (AvgIpc) is 2.78. The zero-order valence-corrected chi connectivity index (χ0v) is 12.9. The van der Waals surface area contributed by atoms with Crippen LogP contribution in [0.3, 0.4) is 0 Å². The van der Waals surface area contributed by atoms with E-state index in [1.54, 1.807) is 23.1 Å². The van der Waals surface area contributed by atoms with Crippen LogP contribution in [0.1, 0.15) is 30.1 Å². The van der Waals surface area contributed by atoms with Crippen molar-refractivity contribution in [3.8, 4) is 0 Å². The van der Waals surface area contributed by atoms with Crippen molar-refractivity contribution in [2.24, 2.45) is 0 Å². The number of amides is 2. The summed E-state index contributed by atoms with van der Waals surface area (Å²) in [6.07, 6.45) is 1.52. The van der Waals surface area contributed by atoms with Crippen LogP contribution in [0.5, 0.6) is 0 Å². The Morgan fingerprint density at radius 1 is 1.55 bits per heavy atom. The minimum atomic E-state index is -0.162. The Morgan fingerprint density at radius 2 is 2.30 bits per heavy atom. The van der Waals surface area contributed by atoms with E-state index in [4.69, 9.17) is 5.73 Å². The molecule has 1 aromatic rings. The summed E-state index contributed by atoms with van der Waals surface area (Å²) < 4.78 is 0.701. The predicted octanol–water partition coefficient (Wildman–Crippen LogP) is 1.77. The van der Waals surface area contributed by atoms with Crippen LogP contribution in [0.15, 0.2) is 22.7 Å². The van der Waals surface area contributed by atoms with E-state index in [1.807, 2.05) is 6.92 Å². The second kappa shape index (κ2) is 6.26. The second-order valence-corrected chi connectivity index (χ2v) is 5.91. The average molecular weight is 340 g/mol. The van der Waals surface area contributed by atoms with Gasteiger partial charge in [-0.1, -0.05) is 0 Å². The van der Waals surface area contributed by atoms with Crippen molar-refractivity contribution in [3.05, 3.63) is 28.2 Å². The molecular formula is C14H18BrN3O2. The summed E-state index contributed by atoms with van der Waals surface area (Å²) in [5, 5.41) is 2.90. The van der Waals surface area contributed by atoms with Crippen molar-refractivity contribution < 1.29 is 9.59 Å². The van der Waals surface area contributed by atoms with Crippen LogP contribution in [0.2, 0.25) is 0 Å². The number of halogens is 1. The number of nitrogens with two attached hydrogens (primary N) is 1. The first-order valence-corrected chi connectivity index (χ1v) is 7.40. The van der Waals surface area contributed by atoms with E-state index in [0.29, 0.717) is 28.7 Å². The summed E-state index contributed by atoms with van der Waals surface area (Å²) in [5.41, 5.74) is 6.83. The molecule has 0 saturated carbocycles. The number of nitrogen functional groups attached to an aromatic ring is 1. The van der Waals surface area contributed by atoms with E-state index in [0.717, 1.165) is 13.0 Å². The van der Waals surface area contributed by atoms with Gasteiger partial charge in [-0.2, -0.15) is 0 Å². The lowest BCUT2D eigenvalue weighted by Crippen LogP contribution is -2.42. The van der Waals surface area contributed by atoms with Gasteiger partial charge >= 0.3 is 0 Å². The first kappa shape index (κ1) is 14.8. The molecule has 1 aliphatic heterocycles. The quantitative estimate of drug-likeness (QED) is 0.821. The summed E-state index contributed by atoms with van der Waals surface area (Å²) in [6.45, 7) is 3.24. The molecule has 1 aliphatic rings. The predicted molar refractivity (Wildman–Crippen MR) is 81.3 cm³/mol. The minimum Gasteiger partial charge on any atom is -0.398 e. The highest BCUT2D eigenvalue weighted by atomic mass is 79.9. The second-order valence-electron chi connectivity index (χ2n) is 5.05. The molecular weight excluding hydrogens is 322 g/mol. The number of likely N-dealkylation sites (tertiary alicyclic amines) is 1. The van der Waals surface area contributed by atoms with Crippen molar-refractivity contribution in [3.63, 3.8) is 0 Å². The Labute approximate surface area is 126 Å². The van der Waals surface area contributed by atoms with Gasteiger partial charge in [0, 0.05) is 41.3 Å². The van der Waals surface area contributed by atoms with Gasteiger partial charge < -0.3 is 16.0 Å². The fraction of sp³-hybridized carbons (Fsp3) is 0.429. The molecule has 0 bridgehead atoms. The number of carbonyl (C=O) groups is 2. The number of nitrogens with one attached hydrogen (secondary N) is 1. The van der Waals surface area contributed by atoms with Crippen LogP contribution in [-0.2, 0) is 4.79 Å². The van der Waals surface area contributed by atoms with E-state index in [1.165, 1.54) is 0 Å². The lowest BCUT2D eigenvalue weighted by atomic mass is 10.2. The highest BCUT2D eigenvalue weighted by Crippen LogP contribution is 2.20. The molecule has 1 saturated heterocycles. The molecule has 108 valence electrons. The summed E-state index contributed by atoms with van der Waals surface area (Å²) in [7, 11) is 0. The Kier molecular flexibility index (Phi) is 4.65. The lowest BCUT2D eigenvalue weighted by molar-refractivity contribution is -0.127. The normalized spacial score (nSPS) is 16.3. The molecule has 1 fully saturated rings. The maximum Gasteiger partial charge on any atom is 0.251 e. The Bertz CT molecular complexity index is 533. The van der Waals surface area contributed by atoms with Crippen LogP contribution >= 0.6 is 15.9 Å². The number of hydrogen-bond acceptors (Lipinski definition) is 3. The SMILES string of the molecule is CC(CN1CCCC1=O)NC(=O)c1ccc(N)c(Br)c1. The number of anilines is 1. The summed E-state index contributed by atoms with van der Waals surface area (Å²) >= 11 is 3.30. The number of rotatable bonds is 4. The largest absolute Gasteiger partial charge is 0.398 e. The molecule has 0 spiro atoms. The topological polar surface area (TPSA) is 75.4 Å². The van der Waals surface area contributed by atoms with Gasteiger partial charge in [0.15, 0.2) is 0 Å². The molecule has 1 unspecified atom stereocenters. The number of hydrogen-bond donors (Lipinski definition) is 2. The van der Waals surface area contributed by atoms with Gasteiger partial charge in [-0.15, -0.1) is 0 Å². The molecule has 0 radical (unpaired) electrons. The highest BCUT2D eigenvalue weighted by molar-refractivity contribution is 9.10. The van der Waals surface area contributed by atoms with Crippen molar-refractivity contribution in [2.45, 2.75) is 25.8 Å². The Morgan fingerprint density at radius 3 is 2.90 bits per heavy atom. The number of benzene rings is 1. The van der Waals surface area contributed by atoms with Gasteiger partial charge in [-0.05, 0) is 47.5 Å². The van der Waals surface area contributed by atoms with Crippen molar-refractivity contribution >= 4 is 33.4 Å². The summed E-state index contributed by atoms with van der Waals surface area (Å²) in [5.74, 6) is 0.00572. The molecule has 1 aromatic carbocycles. The van der Waals surface area contributed by atoms with Crippen molar-refractivity contribution in [1.82, 2.24) is 10.2 Å². The molecule has 2 rings (SSSR count). The lowest BCUT2D eigenvalue weighted by Gasteiger charge is -2.21. The fourth-order valence-electron chi connectivity index (χ4n) is 2.25. The third-order valence-electron chi connectivity index (χ3n) is 3.31. The van der Waals surface area contributed by atoms with E-state index in [2.05, 4.69) is 21.2 Å². The smallest absolute Gasteiger partial charge is 0.251 e. The van der Waals surface area contributed by atoms with Gasteiger partial charge in [0.25, 0.3) is 5.91 Å². The van der Waals surface area contributed by atoms with Crippen LogP contribution in [-0.4, -0.2) is 35.8 Å². The molecule has 20 heavy (non-hydrogen) atoms. The van der Waals surface area contributed by atoms with Gasteiger partial charge in [0.2, 0.25) is 5.91 Å². The van der Waals surface area contributed by atoms with Crippen LogP contribution < -0.4 is 11.1 Å². The number of carbonyl (C=O) groups excluding carboxylic acids is 2. The minimum absolute atomic E-state index is 0.0825. The van der Waals surface area contributed by atoms with Crippen LogP contribution in [0.4, 0.5) is 5.69 Å². The third-order valence-corrected chi connectivity index (χ3v) is 3.99. The van der Waals surface area contributed by atoms with E-state index >= 15 is 0 Å². The van der Waals surface area contributed by atoms with E-state index < -0.39 is 0 Å². The molecule has 0 aliphatic carbocycles. The van der Waals surface area contributed by atoms with E-state index in [9.17, 15) is 9.59 Å². The molecule has 6 heteroatoms. The van der Waals surface area contributed by atoms with Gasteiger partial charge in [-0.25, -0.2) is 0 Å². The van der Waals surface area contributed by atoms with Crippen LogP contribution in [0, 0.1) is 0 Å². The fourth-order valence-corrected chi connectivity index (χ4v) is 2.63. The van der Waals surface area contributed by atoms with Crippen molar-refractivity contribution in [2.75, 3.05) is 18.8 Å². The highest BCUT2D eigenvalue weighted by Gasteiger charge is 2.22. The zero-order valence-electron chi connectivity index (χ0n) is 11.4. The molecule has 2 amide bonds. The molecule has 0 aromatic heterocycles. The number of nitrogens with zero attached hydrogens (tertiary/aromatic N) is 1. The summed E-state index contributed by atoms with van der Waals surface area (Å²) in [4.78, 5) is 25.4. The van der Waals surface area contributed by atoms with Crippen LogP contribution in [0.25, 0.3) is 0 Å². The Hall–Kier alpha value is -1.56. The van der Waals surface area contributed by atoms with E-state index in [-0.39, 0.29) is 17.9 Å². The third kappa shape index (κ3) is 3.50. The van der Waals surface area contributed by atoms with Gasteiger partial charge in [-0.3, -0.25) is 9.59 Å². The maximum atomic E-state index is 12.1.